The van der Waals surface area contributed by atoms with E-state index in [1.54, 1.807) is 0 Å². The van der Waals surface area contributed by atoms with Gasteiger partial charge < -0.3 is 90.1 Å². The molecule has 226 valence electrons. The molecule has 3 saturated heterocycles. The highest BCUT2D eigenvalue weighted by Crippen LogP contribution is 2.32. The Morgan fingerprint density at radius 3 is 1.26 bits per heavy atom. The van der Waals surface area contributed by atoms with Crippen molar-refractivity contribution in [3.05, 3.63) is 0 Å². The normalized spacial score (nSPS) is 47.8. The van der Waals surface area contributed by atoms with Gasteiger partial charge in [0.2, 0.25) is 0 Å². The van der Waals surface area contributed by atoms with Crippen molar-refractivity contribution in [1.29, 1.82) is 0 Å². The second-order valence-electron chi connectivity index (χ2n) is 8.78. The van der Waals surface area contributed by atoms with Crippen LogP contribution in [0.25, 0.3) is 0 Å². The van der Waals surface area contributed by atoms with E-state index in [4.69, 9.17) is 33.9 Å². The van der Waals surface area contributed by atoms with Crippen LogP contribution in [-0.2, 0) is 23.7 Å². The van der Waals surface area contributed by atoms with Crippen molar-refractivity contribution in [2.45, 2.75) is 92.1 Å². The van der Waals surface area contributed by atoms with E-state index in [0.717, 1.165) is 0 Å². The minimum Gasteiger partial charge on any atom is -0.394 e. The van der Waals surface area contributed by atoms with Crippen molar-refractivity contribution in [1.82, 2.24) is 0 Å². The van der Waals surface area contributed by atoms with Crippen LogP contribution < -0.4 is 0 Å². The summed E-state index contributed by atoms with van der Waals surface area (Å²) >= 11 is 0. The van der Waals surface area contributed by atoms with E-state index in [1.165, 1.54) is 0 Å². The Hall–Kier alpha value is -0.720. The average Bonchev–Trinajstić information content (AvgIpc) is 2.92. The summed E-state index contributed by atoms with van der Waals surface area (Å²) in [5.74, 6) is 0. The topological polar surface area (TPSA) is 309 Å². The summed E-state index contributed by atoms with van der Waals surface area (Å²) < 4.78 is 26.4. The molecule has 0 bridgehead atoms. The zero-order valence-electron chi connectivity index (χ0n) is 20.1. The summed E-state index contributed by atoms with van der Waals surface area (Å²) in [5.41, 5.74) is 0. The largest absolute Gasteiger partial charge is 0.394 e. The monoisotopic (exact) mass is 566 g/mol. The maximum atomic E-state index is 10.6. The number of hydrogen-bond acceptors (Lipinski definition) is 18. The molecule has 0 aromatic rings. The Morgan fingerprint density at radius 1 is 0.421 bits per heavy atom. The zero-order chi connectivity index (χ0) is 28.7. The molecule has 0 radical (unpaired) electrons. The summed E-state index contributed by atoms with van der Waals surface area (Å²) in [7, 11) is 0. The lowest BCUT2D eigenvalue weighted by Gasteiger charge is -2.47. The molecule has 15 atom stereocenters. The van der Waals surface area contributed by atoms with Gasteiger partial charge in [0.15, 0.2) is 18.9 Å². The van der Waals surface area contributed by atoms with Gasteiger partial charge in [-0.2, -0.15) is 0 Å². The highest BCUT2D eigenvalue weighted by atomic mass is 16.8. The molecule has 0 saturated carbocycles. The van der Waals surface area contributed by atoms with Gasteiger partial charge in [0.05, 0.1) is 33.0 Å². The lowest BCUT2D eigenvalue weighted by Crippen LogP contribution is -2.66. The molecular weight excluding hydrogens is 528 g/mol. The van der Waals surface area contributed by atoms with Crippen LogP contribution in [0.15, 0.2) is 0 Å². The lowest BCUT2D eigenvalue weighted by molar-refractivity contribution is -0.377. The molecule has 13 N–H and O–H groups in total. The van der Waals surface area contributed by atoms with Gasteiger partial charge in [0.25, 0.3) is 0 Å². The molecule has 3 aliphatic rings. The Labute approximate surface area is 216 Å². The van der Waals surface area contributed by atoms with Gasteiger partial charge in [-0.3, -0.25) is 0 Å². The molecule has 0 aliphatic carbocycles. The maximum Gasteiger partial charge on any atom is 0.187 e. The first kappa shape index (κ1) is 33.5. The van der Waals surface area contributed by atoms with Crippen LogP contribution in [-0.4, -0.2) is 192 Å². The molecule has 0 aromatic carbocycles. The average molecular weight is 567 g/mol. The van der Waals surface area contributed by atoms with Gasteiger partial charge in [-0.05, 0) is 0 Å². The minimum atomic E-state index is -1.91. The number of hydrogen-bond donors (Lipinski definition) is 13. The molecule has 0 aromatic heterocycles. The van der Waals surface area contributed by atoms with Crippen LogP contribution in [0, 0.1) is 0 Å². The summed E-state index contributed by atoms with van der Waals surface area (Å²) in [6.07, 6.45) is -25.1. The molecule has 0 spiro atoms. The summed E-state index contributed by atoms with van der Waals surface area (Å²) in [6, 6.07) is 0. The predicted octanol–water partition coefficient (Wildman–Crippen LogP) is -8.60. The Bertz CT molecular complexity index is 666. The molecular formula is C20H38O18. The molecule has 18 heteroatoms. The summed E-state index contributed by atoms with van der Waals surface area (Å²) in [5, 5.41) is 124. The van der Waals surface area contributed by atoms with Crippen molar-refractivity contribution < 1.29 is 90.1 Å². The first-order chi connectivity index (χ1) is 18.0. The van der Waals surface area contributed by atoms with E-state index in [-0.39, 0.29) is 13.2 Å². The number of ether oxygens (including phenoxy) is 5. The number of aliphatic hydroxyl groups excluding tert-OH is 13. The van der Waals surface area contributed by atoms with Crippen LogP contribution in [0.2, 0.25) is 0 Å². The van der Waals surface area contributed by atoms with Gasteiger partial charge in [-0.1, -0.05) is 0 Å². The first-order valence-corrected chi connectivity index (χ1v) is 11.7. The van der Waals surface area contributed by atoms with Crippen molar-refractivity contribution >= 4 is 0 Å². The standard InChI is InChI=1S/C18H32O16.C2H6O2/c19-1-4-7(22)8(23)12(27)17(31-4)34-15-6(3-21)32-18(13(28)10(15)25)33-14-5(2-20)30-16(29)11(26)9(14)24;3-1-2-4/h4-29H,1-3H2;3-4H,1-2H2/t4-,5-,6-,7-,8+,9-,10-,11-,12-,13-,14-,15-,16+,17?,18?;/m1./s1. The van der Waals surface area contributed by atoms with Crippen molar-refractivity contribution in [3.8, 4) is 0 Å². The van der Waals surface area contributed by atoms with Gasteiger partial charge in [-0.15, -0.1) is 0 Å². The second kappa shape index (κ2) is 15.3. The van der Waals surface area contributed by atoms with Crippen molar-refractivity contribution in [3.63, 3.8) is 0 Å². The first-order valence-electron chi connectivity index (χ1n) is 11.7. The van der Waals surface area contributed by atoms with Crippen molar-refractivity contribution in [2.24, 2.45) is 0 Å². The molecule has 2 unspecified atom stereocenters. The molecule has 0 amide bonds. The Balaban J connectivity index is 0.00000118. The van der Waals surface area contributed by atoms with Crippen LogP contribution >= 0.6 is 0 Å². The molecule has 3 heterocycles. The lowest BCUT2D eigenvalue weighted by atomic mass is 9.96. The fraction of sp³-hybridized carbons (Fsp3) is 1.00. The Kier molecular flexibility index (Phi) is 13.5. The van der Waals surface area contributed by atoms with Gasteiger partial charge in [0.1, 0.15) is 73.2 Å². The quantitative estimate of drug-likeness (QED) is 0.130. The van der Waals surface area contributed by atoms with E-state index in [1.807, 2.05) is 0 Å². The van der Waals surface area contributed by atoms with Gasteiger partial charge in [0, 0.05) is 0 Å². The zero-order valence-corrected chi connectivity index (χ0v) is 20.1. The highest BCUT2D eigenvalue weighted by molar-refractivity contribution is 4.96. The molecule has 3 aliphatic heterocycles. The smallest absolute Gasteiger partial charge is 0.187 e. The van der Waals surface area contributed by atoms with E-state index < -0.39 is 112 Å². The summed E-state index contributed by atoms with van der Waals surface area (Å²) in [4.78, 5) is 0. The van der Waals surface area contributed by atoms with Crippen LogP contribution in [0.3, 0.4) is 0 Å². The predicted molar refractivity (Wildman–Crippen MR) is 115 cm³/mol. The third-order valence-corrected chi connectivity index (χ3v) is 6.19. The highest BCUT2D eigenvalue weighted by Gasteiger charge is 2.53. The van der Waals surface area contributed by atoms with E-state index in [9.17, 15) is 56.2 Å². The number of rotatable bonds is 8. The van der Waals surface area contributed by atoms with Crippen LogP contribution in [0.4, 0.5) is 0 Å². The van der Waals surface area contributed by atoms with E-state index in [0.29, 0.717) is 0 Å². The molecule has 38 heavy (non-hydrogen) atoms. The van der Waals surface area contributed by atoms with Crippen LogP contribution in [0.5, 0.6) is 0 Å². The van der Waals surface area contributed by atoms with Gasteiger partial charge >= 0.3 is 0 Å². The van der Waals surface area contributed by atoms with E-state index >= 15 is 0 Å². The summed E-state index contributed by atoms with van der Waals surface area (Å²) in [6.45, 7) is -2.57. The molecule has 18 nitrogen and oxygen atoms in total. The minimum absolute atomic E-state index is 0.125. The second-order valence-corrected chi connectivity index (χ2v) is 8.78. The van der Waals surface area contributed by atoms with Crippen molar-refractivity contribution in [2.75, 3.05) is 33.0 Å². The maximum absolute atomic E-state index is 10.6. The third-order valence-electron chi connectivity index (χ3n) is 6.19. The fourth-order valence-electron chi connectivity index (χ4n) is 4.06. The van der Waals surface area contributed by atoms with E-state index in [2.05, 4.69) is 0 Å². The Morgan fingerprint density at radius 2 is 0.816 bits per heavy atom. The third kappa shape index (κ3) is 7.51. The SMILES string of the molecule is OCCO.OC[C@H]1OC(O[C@H]2[C@H](O)[C@@H](O)C(O[C@H]3[C@H](O)[C@@H](O)[C@@H](O)O[C@@H]3CO)O[C@@H]2CO)[C@H](O)[C@@H](O)[C@@H]1O. The molecule has 3 rings (SSSR count). The number of aliphatic hydroxyl groups is 13. The van der Waals surface area contributed by atoms with Gasteiger partial charge in [-0.25, -0.2) is 0 Å². The molecule has 3 fully saturated rings. The fourth-order valence-corrected chi connectivity index (χ4v) is 4.06. The van der Waals surface area contributed by atoms with Crippen LogP contribution in [0.1, 0.15) is 0 Å².